The molecule has 0 aliphatic heterocycles. The van der Waals surface area contributed by atoms with Gasteiger partial charge in [0.05, 0.1) is 5.92 Å². The molecule has 2 aromatic rings. The number of allylic oxidation sites excluding steroid dienone is 1. The molecule has 0 spiro atoms. The molecule has 2 aromatic carbocycles. The number of carbonyl (C=O) groups excluding carboxylic acids is 2. The first kappa shape index (κ1) is 13.9. The lowest BCUT2D eigenvalue weighted by molar-refractivity contribution is 0.0809. The third-order valence-electron chi connectivity index (χ3n) is 3.15. The maximum absolute atomic E-state index is 12.5. The summed E-state index contributed by atoms with van der Waals surface area (Å²) in [7, 11) is 0. The van der Waals surface area contributed by atoms with Gasteiger partial charge in [-0.05, 0) is 6.42 Å². The molecule has 0 aromatic heterocycles. The van der Waals surface area contributed by atoms with Crippen molar-refractivity contribution in [3.8, 4) is 0 Å². The van der Waals surface area contributed by atoms with Gasteiger partial charge in [0.2, 0.25) is 0 Å². The largest absolute Gasteiger partial charge is 0.293 e. The first-order chi connectivity index (χ1) is 9.74. The predicted molar refractivity (Wildman–Crippen MR) is 79.8 cm³/mol. The molecule has 0 radical (unpaired) electrons. The Morgan fingerprint density at radius 2 is 1.25 bits per heavy atom. The lowest BCUT2D eigenvalue weighted by atomic mass is 9.87. The van der Waals surface area contributed by atoms with Crippen molar-refractivity contribution in [2.24, 2.45) is 5.92 Å². The van der Waals surface area contributed by atoms with Crippen LogP contribution in [0.25, 0.3) is 0 Å². The van der Waals surface area contributed by atoms with Gasteiger partial charge in [-0.25, -0.2) is 0 Å². The molecule has 0 aliphatic rings. The van der Waals surface area contributed by atoms with Crippen molar-refractivity contribution >= 4 is 11.6 Å². The smallest absolute Gasteiger partial charge is 0.174 e. The van der Waals surface area contributed by atoms with E-state index < -0.39 is 5.92 Å². The predicted octanol–water partition coefficient (Wildman–Crippen LogP) is 3.94. The second-order valence-electron chi connectivity index (χ2n) is 4.54. The van der Waals surface area contributed by atoms with Crippen LogP contribution >= 0.6 is 0 Å². The van der Waals surface area contributed by atoms with E-state index in [-0.39, 0.29) is 11.6 Å². The fourth-order valence-corrected chi connectivity index (χ4v) is 2.11. The molecule has 0 N–H and O–H groups in total. The lowest BCUT2D eigenvalue weighted by Gasteiger charge is -2.13. The molecular formula is C18H16O2. The van der Waals surface area contributed by atoms with E-state index in [1.165, 1.54) is 0 Å². The molecule has 0 saturated heterocycles. The van der Waals surface area contributed by atoms with Crippen LogP contribution in [0, 0.1) is 5.92 Å². The lowest BCUT2D eigenvalue weighted by Crippen LogP contribution is -2.24. The minimum atomic E-state index is -0.697. The summed E-state index contributed by atoms with van der Waals surface area (Å²) in [5.41, 5.74) is 1.12. The molecular weight excluding hydrogens is 248 g/mol. The van der Waals surface area contributed by atoms with Crippen molar-refractivity contribution in [2.45, 2.75) is 6.42 Å². The van der Waals surface area contributed by atoms with Crippen LogP contribution in [-0.4, -0.2) is 11.6 Å². The third-order valence-corrected chi connectivity index (χ3v) is 3.15. The Balaban J connectivity index is 2.30. The van der Waals surface area contributed by atoms with Crippen molar-refractivity contribution < 1.29 is 9.59 Å². The van der Waals surface area contributed by atoms with Crippen LogP contribution in [0.15, 0.2) is 73.3 Å². The van der Waals surface area contributed by atoms with Crippen LogP contribution in [-0.2, 0) is 0 Å². The average molecular weight is 264 g/mol. The molecule has 2 rings (SSSR count). The highest BCUT2D eigenvalue weighted by atomic mass is 16.1. The first-order valence-electron chi connectivity index (χ1n) is 6.53. The Kier molecular flexibility index (Phi) is 4.61. The Morgan fingerprint density at radius 1 is 0.850 bits per heavy atom. The Morgan fingerprint density at radius 3 is 1.60 bits per heavy atom. The second-order valence-corrected chi connectivity index (χ2v) is 4.54. The van der Waals surface area contributed by atoms with E-state index >= 15 is 0 Å². The molecule has 0 unspecified atom stereocenters. The number of hydrogen-bond donors (Lipinski definition) is 0. The van der Waals surface area contributed by atoms with E-state index in [4.69, 9.17) is 0 Å². The summed E-state index contributed by atoms with van der Waals surface area (Å²) in [6, 6.07) is 17.8. The van der Waals surface area contributed by atoms with Gasteiger partial charge in [-0.3, -0.25) is 9.59 Å². The maximum atomic E-state index is 12.5. The van der Waals surface area contributed by atoms with Crippen molar-refractivity contribution in [3.63, 3.8) is 0 Å². The number of benzene rings is 2. The van der Waals surface area contributed by atoms with Gasteiger partial charge in [-0.15, -0.1) is 6.58 Å². The molecule has 0 atom stereocenters. The van der Waals surface area contributed by atoms with Gasteiger partial charge in [-0.1, -0.05) is 66.7 Å². The van der Waals surface area contributed by atoms with E-state index in [1.807, 2.05) is 12.1 Å². The van der Waals surface area contributed by atoms with E-state index in [0.717, 1.165) is 0 Å². The SMILES string of the molecule is C=CCC(C(=O)c1ccccc1)C(=O)c1ccccc1. The second kappa shape index (κ2) is 6.62. The molecule has 0 fully saturated rings. The van der Waals surface area contributed by atoms with Crippen LogP contribution in [0.1, 0.15) is 27.1 Å². The fourth-order valence-electron chi connectivity index (χ4n) is 2.11. The molecule has 0 aliphatic carbocycles. The maximum Gasteiger partial charge on any atom is 0.174 e. The highest BCUT2D eigenvalue weighted by molar-refractivity contribution is 6.16. The molecule has 0 saturated carbocycles. The van der Waals surface area contributed by atoms with Crippen molar-refractivity contribution in [2.75, 3.05) is 0 Å². The molecule has 2 heteroatoms. The summed E-state index contributed by atoms with van der Waals surface area (Å²) in [6.45, 7) is 3.65. The van der Waals surface area contributed by atoms with Gasteiger partial charge in [0.25, 0.3) is 0 Å². The number of ketones is 2. The summed E-state index contributed by atoms with van der Waals surface area (Å²) in [4.78, 5) is 25.0. The first-order valence-corrected chi connectivity index (χ1v) is 6.53. The van der Waals surface area contributed by atoms with Gasteiger partial charge in [0.1, 0.15) is 0 Å². The van der Waals surface area contributed by atoms with Gasteiger partial charge in [-0.2, -0.15) is 0 Å². The topological polar surface area (TPSA) is 34.1 Å². The summed E-state index contributed by atoms with van der Waals surface area (Å²) >= 11 is 0. The Bertz CT molecular complexity index is 548. The molecule has 20 heavy (non-hydrogen) atoms. The Hall–Kier alpha value is -2.48. The van der Waals surface area contributed by atoms with Gasteiger partial charge < -0.3 is 0 Å². The highest BCUT2D eigenvalue weighted by Crippen LogP contribution is 2.18. The normalized spacial score (nSPS) is 10.2. The fraction of sp³-hybridized carbons (Fsp3) is 0.111. The summed E-state index contributed by atoms with van der Waals surface area (Å²) in [6.07, 6.45) is 1.97. The Labute approximate surface area is 118 Å². The summed E-state index contributed by atoms with van der Waals surface area (Å²) in [5, 5.41) is 0. The standard InChI is InChI=1S/C18H16O2/c1-2-9-16(17(19)14-10-5-3-6-11-14)18(20)15-12-7-4-8-13-15/h2-8,10-13,16H,1,9H2. The summed E-state index contributed by atoms with van der Waals surface area (Å²) < 4.78 is 0. The molecule has 0 amide bonds. The molecule has 0 bridgehead atoms. The quantitative estimate of drug-likeness (QED) is 0.450. The van der Waals surface area contributed by atoms with Crippen LogP contribution < -0.4 is 0 Å². The molecule has 2 nitrogen and oxygen atoms in total. The zero-order chi connectivity index (χ0) is 14.4. The van der Waals surface area contributed by atoms with Crippen molar-refractivity contribution in [1.29, 1.82) is 0 Å². The van der Waals surface area contributed by atoms with Gasteiger partial charge >= 0.3 is 0 Å². The highest BCUT2D eigenvalue weighted by Gasteiger charge is 2.26. The molecule has 0 heterocycles. The van der Waals surface area contributed by atoms with E-state index in [9.17, 15) is 9.59 Å². The van der Waals surface area contributed by atoms with E-state index in [2.05, 4.69) is 6.58 Å². The number of hydrogen-bond acceptors (Lipinski definition) is 2. The average Bonchev–Trinajstić information content (AvgIpc) is 2.53. The van der Waals surface area contributed by atoms with Crippen molar-refractivity contribution in [1.82, 2.24) is 0 Å². The van der Waals surface area contributed by atoms with E-state index in [1.54, 1.807) is 54.6 Å². The summed E-state index contributed by atoms with van der Waals surface area (Å²) in [5.74, 6) is -1.00. The van der Waals surface area contributed by atoms with E-state index in [0.29, 0.717) is 17.5 Å². The minimum absolute atomic E-state index is 0.153. The zero-order valence-electron chi connectivity index (χ0n) is 11.2. The van der Waals surface area contributed by atoms with Crippen LogP contribution in [0.3, 0.4) is 0 Å². The minimum Gasteiger partial charge on any atom is -0.293 e. The van der Waals surface area contributed by atoms with Crippen molar-refractivity contribution in [3.05, 3.63) is 84.4 Å². The number of rotatable bonds is 6. The third kappa shape index (κ3) is 3.09. The van der Waals surface area contributed by atoms with Crippen LogP contribution in [0.4, 0.5) is 0 Å². The monoisotopic (exact) mass is 264 g/mol. The van der Waals surface area contributed by atoms with Crippen LogP contribution in [0.2, 0.25) is 0 Å². The number of carbonyl (C=O) groups is 2. The van der Waals surface area contributed by atoms with Gasteiger partial charge in [0.15, 0.2) is 11.6 Å². The number of Topliss-reactive ketones (excluding diaryl/α,β-unsaturated/α-hetero) is 2. The van der Waals surface area contributed by atoms with Gasteiger partial charge in [0, 0.05) is 11.1 Å². The zero-order valence-corrected chi connectivity index (χ0v) is 11.2. The molecule has 100 valence electrons. The van der Waals surface area contributed by atoms with Crippen LogP contribution in [0.5, 0.6) is 0 Å².